The number of anilines is 1. The second-order valence-electron chi connectivity index (χ2n) is 6.20. The zero-order chi connectivity index (χ0) is 21.0. The third-order valence-corrected chi connectivity index (χ3v) is 5.34. The Balaban J connectivity index is 1.65. The van der Waals surface area contributed by atoms with Crippen molar-refractivity contribution in [3.8, 4) is 10.6 Å². The van der Waals surface area contributed by atoms with Crippen molar-refractivity contribution >= 4 is 28.9 Å². The smallest absolute Gasteiger partial charge is 0.350 e. The van der Waals surface area contributed by atoms with Crippen molar-refractivity contribution in [2.24, 2.45) is 0 Å². The van der Waals surface area contributed by atoms with E-state index in [1.807, 2.05) is 24.3 Å². The summed E-state index contributed by atoms with van der Waals surface area (Å²) in [4.78, 5) is 28.9. The van der Waals surface area contributed by atoms with E-state index in [9.17, 15) is 18.4 Å². The summed E-state index contributed by atoms with van der Waals surface area (Å²) in [6.07, 6.45) is 0.924. The Kier molecular flexibility index (Phi) is 6.33. The molecule has 0 radical (unpaired) electrons. The fourth-order valence-corrected chi connectivity index (χ4v) is 3.55. The van der Waals surface area contributed by atoms with Crippen LogP contribution in [0.15, 0.2) is 42.5 Å². The van der Waals surface area contributed by atoms with E-state index in [2.05, 4.69) is 17.2 Å². The van der Waals surface area contributed by atoms with E-state index in [1.165, 1.54) is 11.6 Å². The van der Waals surface area contributed by atoms with Gasteiger partial charge in [0.05, 0.1) is 5.69 Å². The molecule has 2 aromatic carbocycles. The second kappa shape index (κ2) is 8.91. The number of para-hydroxylation sites is 1. The van der Waals surface area contributed by atoms with Gasteiger partial charge in [0.25, 0.3) is 5.91 Å². The number of rotatable bonds is 6. The predicted molar refractivity (Wildman–Crippen MR) is 107 cm³/mol. The molecule has 0 aliphatic carbocycles. The van der Waals surface area contributed by atoms with Crippen LogP contribution in [0.5, 0.6) is 0 Å². The summed E-state index contributed by atoms with van der Waals surface area (Å²) in [6.45, 7) is 3.06. The molecule has 1 heterocycles. The summed E-state index contributed by atoms with van der Waals surface area (Å²) >= 11 is 1.16. The standard InChI is InChI=1S/C21H18F2N2O3S/c1-3-13-7-9-14(10-8-13)20-24-12(2)19(29-20)21(27)28-11-17(26)25-18-15(22)5-4-6-16(18)23/h4-10H,3,11H2,1-2H3,(H,25,26). The van der Waals surface area contributed by atoms with Gasteiger partial charge in [0.15, 0.2) is 6.61 Å². The summed E-state index contributed by atoms with van der Waals surface area (Å²) in [7, 11) is 0. The molecule has 0 atom stereocenters. The molecular weight excluding hydrogens is 398 g/mol. The van der Waals surface area contributed by atoms with Gasteiger partial charge in [0.2, 0.25) is 0 Å². The molecule has 0 fully saturated rings. The summed E-state index contributed by atoms with van der Waals surface area (Å²) in [6, 6.07) is 11.1. The zero-order valence-electron chi connectivity index (χ0n) is 15.8. The van der Waals surface area contributed by atoms with Crippen molar-refractivity contribution in [2.75, 3.05) is 11.9 Å². The molecule has 0 aliphatic rings. The Morgan fingerprint density at radius 1 is 1.10 bits per heavy atom. The van der Waals surface area contributed by atoms with Gasteiger partial charge >= 0.3 is 5.97 Å². The minimum Gasteiger partial charge on any atom is -0.451 e. The van der Waals surface area contributed by atoms with Gasteiger partial charge in [-0.05, 0) is 31.0 Å². The molecule has 1 N–H and O–H groups in total. The monoisotopic (exact) mass is 416 g/mol. The number of esters is 1. The number of carbonyl (C=O) groups excluding carboxylic acids is 2. The predicted octanol–water partition coefficient (Wildman–Crippen LogP) is 4.75. The van der Waals surface area contributed by atoms with E-state index in [0.717, 1.165) is 35.5 Å². The average molecular weight is 416 g/mol. The Morgan fingerprint density at radius 3 is 2.38 bits per heavy atom. The first kappa shape index (κ1) is 20.6. The number of nitrogens with zero attached hydrogens (tertiary/aromatic N) is 1. The SMILES string of the molecule is CCc1ccc(-c2nc(C)c(C(=O)OCC(=O)Nc3c(F)cccc3F)s2)cc1. The lowest BCUT2D eigenvalue weighted by molar-refractivity contribution is -0.119. The Bertz CT molecular complexity index is 1030. The van der Waals surface area contributed by atoms with Crippen LogP contribution in [0.4, 0.5) is 14.5 Å². The van der Waals surface area contributed by atoms with Gasteiger partial charge in [0.1, 0.15) is 27.2 Å². The van der Waals surface area contributed by atoms with Crippen molar-refractivity contribution < 1.29 is 23.1 Å². The molecule has 3 aromatic rings. The molecule has 150 valence electrons. The molecule has 0 saturated carbocycles. The average Bonchev–Trinajstić information content (AvgIpc) is 3.11. The number of hydrogen-bond acceptors (Lipinski definition) is 5. The minimum atomic E-state index is -0.915. The molecule has 29 heavy (non-hydrogen) atoms. The van der Waals surface area contributed by atoms with Crippen LogP contribution in [-0.2, 0) is 16.0 Å². The van der Waals surface area contributed by atoms with Gasteiger partial charge in [-0.15, -0.1) is 11.3 Å². The van der Waals surface area contributed by atoms with E-state index < -0.39 is 35.8 Å². The van der Waals surface area contributed by atoms with E-state index in [1.54, 1.807) is 6.92 Å². The van der Waals surface area contributed by atoms with Crippen LogP contribution >= 0.6 is 11.3 Å². The maximum absolute atomic E-state index is 13.6. The van der Waals surface area contributed by atoms with Crippen LogP contribution in [0.25, 0.3) is 10.6 Å². The number of nitrogens with one attached hydrogen (secondary N) is 1. The van der Waals surface area contributed by atoms with Crippen molar-refractivity contribution in [3.63, 3.8) is 0 Å². The fraction of sp³-hybridized carbons (Fsp3) is 0.190. The van der Waals surface area contributed by atoms with E-state index in [0.29, 0.717) is 10.7 Å². The van der Waals surface area contributed by atoms with Crippen molar-refractivity contribution in [2.45, 2.75) is 20.3 Å². The van der Waals surface area contributed by atoms with Crippen molar-refractivity contribution in [1.29, 1.82) is 0 Å². The molecule has 1 amide bonds. The number of benzene rings is 2. The van der Waals surface area contributed by atoms with Crippen LogP contribution in [0.3, 0.4) is 0 Å². The van der Waals surface area contributed by atoms with Crippen LogP contribution in [0.2, 0.25) is 0 Å². The third-order valence-electron chi connectivity index (χ3n) is 4.15. The van der Waals surface area contributed by atoms with E-state index in [-0.39, 0.29) is 4.88 Å². The van der Waals surface area contributed by atoms with Gasteiger partial charge < -0.3 is 10.1 Å². The lowest BCUT2D eigenvalue weighted by Crippen LogP contribution is -2.22. The zero-order valence-corrected chi connectivity index (χ0v) is 16.6. The summed E-state index contributed by atoms with van der Waals surface area (Å²) in [5, 5.41) is 2.73. The summed E-state index contributed by atoms with van der Waals surface area (Å²) < 4.78 is 32.1. The van der Waals surface area contributed by atoms with Gasteiger partial charge in [-0.1, -0.05) is 37.3 Å². The van der Waals surface area contributed by atoms with Crippen molar-refractivity contribution in [3.05, 3.63) is 70.2 Å². The third kappa shape index (κ3) is 4.83. The van der Waals surface area contributed by atoms with Gasteiger partial charge in [-0.2, -0.15) is 0 Å². The molecule has 8 heteroatoms. The highest BCUT2D eigenvalue weighted by Crippen LogP contribution is 2.28. The number of hydrogen-bond donors (Lipinski definition) is 1. The number of carbonyl (C=O) groups is 2. The van der Waals surface area contributed by atoms with Crippen LogP contribution < -0.4 is 5.32 Å². The fourth-order valence-electron chi connectivity index (χ4n) is 2.58. The highest BCUT2D eigenvalue weighted by Gasteiger charge is 2.19. The van der Waals surface area contributed by atoms with Crippen LogP contribution in [0, 0.1) is 18.6 Å². The van der Waals surface area contributed by atoms with Gasteiger partial charge in [-0.3, -0.25) is 4.79 Å². The number of amides is 1. The maximum atomic E-state index is 13.6. The molecule has 0 spiro atoms. The van der Waals surface area contributed by atoms with Gasteiger partial charge in [0, 0.05) is 5.56 Å². The summed E-state index contributed by atoms with van der Waals surface area (Å²) in [5.41, 5.74) is 1.97. The molecule has 5 nitrogen and oxygen atoms in total. The lowest BCUT2D eigenvalue weighted by Gasteiger charge is -2.07. The Labute approximate surface area is 170 Å². The van der Waals surface area contributed by atoms with Gasteiger partial charge in [-0.25, -0.2) is 18.6 Å². The second-order valence-corrected chi connectivity index (χ2v) is 7.20. The molecule has 3 rings (SSSR count). The molecule has 0 bridgehead atoms. The molecule has 0 aliphatic heterocycles. The first-order valence-corrected chi connectivity index (χ1v) is 9.68. The number of ether oxygens (including phenoxy) is 1. The first-order valence-electron chi connectivity index (χ1n) is 8.86. The van der Waals surface area contributed by atoms with E-state index in [4.69, 9.17) is 4.74 Å². The number of halogens is 2. The van der Waals surface area contributed by atoms with E-state index >= 15 is 0 Å². The molecular formula is C21H18F2N2O3S. The van der Waals surface area contributed by atoms with Crippen LogP contribution in [0.1, 0.15) is 27.9 Å². The topological polar surface area (TPSA) is 68.3 Å². The largest absolute Gasteiger partial charge is 0.451 e. The maximum Gasteiger partial charge on any atom is 0.350 e. The normalized spacial score (nSPS) is 10.6. The molecule has 0 saturated heterocycles. The summed E-state index contributed by atoms with van der Waals surface area (Å²) in [5.74, 6) is -3.40. The first-order chi connectivity index (χ1) is 13.9. The minimum absolute atomic E-state index is 0.268. The number of aryl methyl sites for hydroxylation is 2. The van der Waals surface area contributed by atoms with Crippen LogP contribution in [-0.4, -0.2) is 23.5 Å². The number of aromatic nitrogens is 1. The number of thiazole rings is 1. The quantitative estimate of drug-likeness (QED) is 0.589. The molecule has 0 unspecified atom stereocenters. The molecule has 1 aromatic heterocycles. The Hall–Kier alpha value is -3.13. The lowest BCUT2D eigenvalue weighted by atomic mass is 10.1. The highest BCUT2D eigenvalue weighted by atomic mass is 32.1. The van der Waals surface area contributed by atoms with Crippen molar-refractivity contribution in [1.82, 2.24) is 4.98 Å². The Morgan fingerprint density at radius 2 is 1.76 bits per heavy atom. The highest BCUT2D eigenvalue weighted by molar-refractivity contribution is 7.17.